The molecule has 1 aromatic heterocycles. The van der Waals surface area contributed by atoms with Crippen LogP contribution in [-0.2, 0) is 11.4 Å². The van der Waals surface area contributed by atoms with Crippen molar-refractivity contribution in [1.82, 2.24) is 9.97 Å². The van der Waals surface area contributed by atoms with Crippen molar-refractivity contribution in [1.29, 1.82) is 5.26 Å². The van der Waals surface area contributed by atoms with Gasteiger partial charge in [-0.3, -0.25) is 0 Å². The van der Waals surface area contributed by atoms with Gasteiger partial charge in [0, 0.05) is 55.0 Å². The second-order valence-corrected chi connectivity index (χ2v) is 6.09. The molecule has 140 valence electrons. The number of aliphatic hydroxyl groups is 1. The first-order valence-corrected chi connectivity index (χ1v) is 8.73. The molecule has 1 fully saturated rings. The Labute approximate surface area is 156 Å². The quantitative estimate of drug-likeness (QED) is 0.621. The van der Waals surface area contributed by atoms with Gasteiger partial charge in [-0.05, 0) is 0 Å². The monoisotopic (exact) mass is 369 g/mol. The van der Waals surface area contributed by atoms with E-state index in [-0.39, 0.29) is 12.2 Å². The molecule has 1 saturated heterocycles. The summed E-state index contributed by atoms with van der Waals surface area (Å²) in [6.45, 7) is 1.39. The first kappa shape index (κ1) is 18.7. The zero-order chi connectivity index (χ0) is 19.1. The van der Waals surface area contributed by atoms with Gasteiger partial charge in [-0.1, -0.05) is 23.4 Å². The van der Waals surface area contributed by atoms with Gasteiger partial charge in [0.15, 0.2) is 0 Å². The van der Waals surface area contributed by atoms with Gasteiger partial charge in [0.2, 0.25) is 5.95 Å². The number of aromatic nitrogens is 2. The standard InChI is InChI=1S/C19H20FN5O2/c20-18-14(13-26)3-1-4-17(18)15-11-22-19(23-12-15)25-8-5-16(6-9-25)24-27-10-2-7-21/h1,3-4,11-12,26H,2,5-6,8-10,13H2. The number of hydrogen-bond acceptors (Lipinski definition) is 7. The van der Waals surface area contributed by atoms with Crippen molar-refractivity contribution >= 4 is 11.7 Å². The number of nitriles is 1. The molecule has 27 heavy (non-hydrogen) atoms. The van der Waals surface area contributed by atoms with Crippen molar-refractivity contribution in [3.63, 3.8) is 0 Å². The fraction of sp³-hybridized carbons (Fsp3) is 0.368. The molecule has 1 aliphatic rings. The summed E-state index contributed by atoms with van der Waals surface area (Å²) in [5, 5.41) is 21.7. The molecule has 0 saturated carbocycles. The van der Waals surface area contributed by atoms with Crippen LogP contribution in [0.3, 0.4) is 0 Å². The maximum absolute atomic E-state index is 14.3. The third-order valence-electron chi connectivity index (χ3n) is 4.32. The van der Waals surface area contributed by atoms with E-state index >= 15 is 0 Å². The van der Waals surface area contributed by atoms with E-state index in [1.165, 1.54) is 0 Å². The fourth-order valence-electron chi connectivity index (χ4n) is 2.83. The maximum atomic E-state index is 14.3. The van der Waals surface area contributed by atoms with E-state index in [0.717, 1.165) is 18.6 Å². The minimum atomic E-state index is -0.452. The molecule has 2 aromatic rings. The lowest BCUT2D eigenvalue weighted by atomic mass is 10.1. The van der Waals surface area contributed by atoms with Crippen molar-refractivity contribution in [2.24, 2.45) is 5.16 Å². The molecule has 0 amide bonds. The van der Waals surface area contributed by atoms with Crippen LogP contribution in [0.4, 0.5) is 10.3 Å². The third kappa shape index (κ3) is 4.57. The Morgan fingerprint density at radius 3 is 2.67 bits per heavy atom. The molecule has 7 nitrogen and oxygen atoms in total. The van der Waals surface area contributed by atoms with E-state index in [1.54, 1.807) is 30.6 Å². The number of benzene rings is 1. The van der Waals surface area contributed by atoms with E-state index < -0.39 is 5.82 Å². The fourth-order valence-corrected chi connectivity index (χ4v) is 2.83. The normalized spacial score (nSPS) is 14.0. The van der Waals surface area contributed by atoms with Crippen LogP contribution in [0.2, 0.25) is 0 Å². The molecule has 1 aromatic carbocycles. The molecule has 0 atom stereocenters. The molecule has 1 aliphatic heterocycles. The SMILES string of the molecule is N#CCCON=C1CCN(c2ncc(-c3cccc(CO)c3F)cn2)CC1. The summed E-state index contributed by atoms with van der Waals surface area (Å²) in [6.07, 6.45) is 4.99. The van der Waals surface area contributed by atoms with Gasteiger partial charge in [0.25, 0.3) is 0 Å². The van der Waals surface area contributed by atoms with E-state index in [2.05, 4.69) is 15.1 Å². The Balaban J connectivity index is 1.63. The number of aliphatic hydroxyl groups excluding tert-OH is 1. The molecule has 0 spiro atoms. The summed E-state index contributed by atoms with van der Waals surface area (Å²) < 4.78 is 14.3. The summed E-state index contributed by atoms with van der Waals surface area (Å²) in [7, 11) is 0. The number of nitrogens with zero attached hydrogens (tertiary/aromatic N) is 5. The van der Waals surface area contributed by atoms with Crippen LogP contribution in [0, 0.1) is 17.1 Å². The number of hydrogen-bond donors (Lipinski definition) is 1. The van der Waals surface area contributed by atoms with Crippen LogP contribution in [0.15, 0.2) is 35.7 Å². The number of oxime groups is 1. The summed E-state index contributed by atoms with van der Waals surface area (Å²) in [6, 6.07) is 6.89. The second-order valence-electron chi connectivity index (χ2n) is 6.09. The Kier molecular flexibility index (Phi) is 6.28. The Morgan fingerprint density at radius 1 is 1.26 bits per heavy atom. The highest BCUT2D eigenvalue weighted by atomic mass is 19.1. The van der Waals surface area contributed by atoms with Crippen LogP contribution in [-0.4, -0.2) is 40.5 Å². The lowest BCUT2D eigenvalue weighted by molar-refractivity contribution is 0.148. The molecule has 0 aliphatic carbocycles. The van der Waals surface area contributed by atoms with Crippen molar-refractivity contribution < 1.29 is 14.3 Å². The molecule has 2 heterocycles. The highest BCUT2D eigenvalue weighted by Crippen LogP contribution is 2.25. The molecule has 0 unspecified atom stereocenters. The maximum Gasteiger partial charge on any atom is 0.225 e. The molecule has 1 N–H and O–H groups in total. The third-order valence-corrected chi connectivity index (χ3v) is 4.32. The van der Waals surface area contributed by atoms with Gasteiger partial charge in [-0.25, -0.2) is 14.4 Å². The topological polar surface area (TPSA) is 94.6 Å². The lowest BCUT2D eigenvalue weighted by Gasteiger charge is -2.27. The predicted molar refractivity (Wildman–Crippen MR) is 98.4 cm³/mol. The molecular weight excluding hydrogens is 349 g/mol. The Morgan fingerprint density at radius 2 is 2.00 bits per heavy atom. The van der Waals surface area contributed by atoms with Crippen LogP contribution >= 0.6 is 0 Å². The Bertz CT molecular complexity index is 838. The average molecular weight is 369 g/mol. The van der Waals surface area contributed by atoms with Crippen LogP contribution in [0.25, 0.3) is 11.1 Å². The van der Waals surface area contributed by atoms with E-state index in [0.29, 0.717) is 43.2 Å². The lowest BCUT2D eigenvalue weighted by Crippen LogP contribution is -2.35. The minimum Gasteiger partial charge on any atom is -0.395 e. The van der Waals surface area contributed by atoms with Crippen molar-refractivity contribution in [2.45, 2.75) is 25.9 Å². The van der Waals surface area contributed by atoms with E-state index in [9.17, 15) is 9.50 Å². The molecule has 3 rings (SSSR count). The van der Waals surface area contributed by atoms with Crippen molar-refractivity contribution in [2.75, 3.05) is 24.6 Å². The van der Waals surface area contributed by atoms with E-state index in [1.807, 2.05) is 11.0 Å². The number of rotatable bonds is 6. The predicted octanol–water partition coefficient (Wildman–Crippen LogP) is 2.66. The van der Waals surface area contributed by atoms with Gasteiger partial charge in [-0.2, -0.15) is 5.26 Å². The van der Waals surface area contributed by atoms with Gasteiger partial charge in [0.05, 0.1) is 24.8 Å². The number of halogens is 1. The largest absolute Gasteiger partial charge is 0.395 e. The summed E-state index contributed by atoms with van der Waals surface area (Å²) in [4.78, 5) is 15.9. The first-order valence-electron chi connectivity index (χ1n) is 8.73. The van der Waals surface area contributed by atoms with Gasteiger partial charge in [-0.15, -0.1) is 0 Å². The number of anilines is 1. The zero-order valence-corrected chi connectivity index (χ0v) is 14.8. The van der Waals surface area contributed by atoms with Crippen molar-refractivity contribution in [3.05, 3.63) is 42.0 Å². The molecular formula is C19H20FN5O2. The first-order chi connectivity index (χ1) is 13.2. The highest BCUT2D eigenvalue weighted by molar-refractivity contribution is 5.86. The van der Waals surface area contributed by atoms with Crippen LogP contribution in [0.1, 0.15) is 24.8 Å². The van der Waals surface area contributed by atoms with Crippen LogP contribution in [0.5, 0.6) is 0 Å². The molecule has 8 heteroatoms. The molecule has 0 bridgehead atoms. The summed E-state index contributed by atoms with van der Waals surface area (Å²) in [5.74, 6) is 0.133. The summed E-state index contributed by atoms with van der Waals surface area (Å²) in [5.41, 5.74) is 2.15. The molecule has 0 radical (unpaired) electrons. The van der Waals surface area contributed by atoms with Gasteiger partial charge in [0.1, 0.15) is 12.4 Å². The van der Waals surface area contributed by atoms with Crippen molar-refractivity contribution in [3.8, 4) is 17.2 Å². The van der Waals surface area contributed by atoms with Gasteiger partial charge >= 0.3 is 0 Å². The zero-order valence-electron chi connectivity index (χ0n) is 14.8. The second kappa shape index (κ2) is 9.05. The van der Waals surface area contributed by atoms with Gasteiger partial charge < -0.3 is 14.8 Å². The van der Waals surface area contributed by atoms with E-state index in [4.69, 9.17) is 10.1 Å². The highest BCUT2D eigenvalue weighted by Gasteiger charge is 2.18. The number of piperidine rings is 1. The average Bonchev–Trinajstić information content (AvgIpc) is 2.72. The smallest absolute Gasteiger partial charge is 0.225 e. The van der Waals surface area contributed by atoms with Crippen LogP contribution < -0.4 is 4.90 Å². The summed E-state index contributed by atoms with van der Waals surface area (Å²) >= 11 is 0. The Hall–Kier alpha value is -3.05. The minimum absolute atomic E-state index is 0.247.